The second-order valence-electron chi connectivity index (χ2n) is 14.7. The molecule has 0 rings (SSSR count). The van der Waals surface area contributed by atoms with E-state index < -0.39 is 45.8 Å². The fraction of sp³-hybridized carbons (Fsp3) is 0.558. The Bertz CT molecular complexity index is 1420. The largest absolute Gasteiger partial charge is 0.472 e. The third-order valence-corrected chi connectivity index (χ3v) is 9.78. The highest BCUT2D eigenvalue weighted by Gasteiger charge is 2.26. The van der Waals surface area contributed by atoms with E-state index in [-0.39, 0.29) is 13.0 Å². The monoisotopic (exact) mass is 883 g/mol. The highest BCUT2D eigenvalue weighted by molar-refractivity contribution is 7.47. The highest BCUT2D eigenvalue weighted by Crippen LogP contribution is 2.43. The minimum Gasteiger partial charge on any atom is -0.457 e. The molecule has 0 aromatic carbocycles. The number of unbranched alkanes of at least 4 members (excludes halogenated alkanes) is 6. The number of aliphatic hydroxyl groups excluding tert-OH is 2. The molecule has 0 saturated heterocycles. The number of ether oxygens (including phenoxy) is 2. The van der Waals surface area contributed by atoms with E-state index in [0.717, 1.165) is 116 Å². The van der Waals surface area contributed by atoms with Crippen molar-refractivity contribution in [3.8, 4) is 0 Å². The molecule has 0 aromatic rings. The third-order valence-electron chi connectivity index (χ3n) is 8.83. The van der Waals surface area contributed by atoms with E-state index in [1.807, 2.05) is 0 Å². The lowest BCUT2D eigenvalue weighted by Crippen LogP contribution is -2.29. The smallest absolute Gasteiger partial charge is 0.457 e. The van der Waals surface area contributed by atoms with Crippen LogP contribution in [-0.4, -0.2) is 66.3 Å². The van der Waals surface area contributed by atoms with Gasteiger partial charge in [-0.05, 0) is 109 Å². The molecule has 0 aliphatic rings. The van der Waals surface area contributed by atoms with E-state index in [2.05, 4.69) is 148 Å². The fourth-order valence-electron chi connectivity index (χ4n) is 5.38. The molecule has 62 heavy (non-hydrogen) atoms. The maximum absolute atomic E-state index is 12.6. The summed E-state index contributed by atoms with van der Waals surface area (Å²) in [5, 5.41) is 18.4. The number of aliphatic hydroxyl groups is 2. The number of carbonyl (C=O) groups excluding carboxylic acids is 1. The molecule has 3 N–H and O–H groups in total. The Morgan fingerprint density at radius 1 is 0.500 bits per heavy atom. The molecule has 3 unspecified atom stereocenters. The van der Waals surface area contributed by atoms with Crippen molar-refractivity contribution in [2.75, 3.05) is 33.0 Å². The lowest BCUT2D eigenvalue weighted by molar-refractivity contribution is -0.154. The van der Waals surface area contributed by atoms with Crippen LogP contribution < -0.4 is 0 Å². The molecule has 0 radical (unpaired) electrons. The molecule has 10 heteroatoms. The van der Waals surface area contributed by atoms with Crippen LogP contribution in [0.5, 0.6) is 0 Å². The van der Waals surface area contributed by atoms with E-state index in [1.165, 1.54) is 0 Å². The van der Waals surface area contributed by atoms with Crippen molar-refractivity contribution in [2.24, 2.45) is 0 Å². The molecule has 3 atom stereocenters. The number of hydrogen-bond donors (Lipinski definition) is 3. The van der Waals surface area contributed by atoms with Crippen molar-refractivity contribution >= 4 is 13.8 Å². The topological polar surface area (TPSA) is 132 Å². The van der Waals surface area contributed by atoms with E-state index in [1.54, 1.807) is 0 Å². The molecule has 9 nitrogen and oxygen atoms in total. The minimum absolute atomic E-state index is 0.00355. The molecule has 0 bridgehead atoms. The summed E-state index contributed by atoms with van der Waals surface area (Å²) in [5.74, 6) is -0.440. The van der Waals surface area contributed by atoms with Crippen LogP contribution in [-0.2, 0) is 27.9 Å². The summed E-state index contributed by atoms with van der Waals surface area (Å²) in [7, 11) is -4.55. The zero-order valence-corrected chi connectivity index (χ0v) is 39.2. The van der Waals surface area contributed by atoms with Gasteiger partial charge in [0.05, 0.1) is 26.4 Å². The van der Waals surface area contributed by atoms with Crippen LogP contribution in [0.15, 0.2) is 134 Å². The molecule has 0 spiro atoms. The van der Waals surface area contributed by atoms with Crippen molar-refractivity contribution in [3.63, 3.8) is 0 Å². The van der Waals surface area contributed by atoms with E-state index >= 15 is 0 Å². The maximum atomic E-state index is 12.6. The van der Waals surface area contributed by atoms with Crippen LogP contribution in [0.3, 0.4) is 0 Å². The highest BCUT2D eigenvalue weighted by atomic mass is 31.2. The molecule has 350 valence electrons. The Balaban J connectivity index is 4.33. The summed E-state index contributed by atoms with van der Waals surface area (Å²) in [6, 6.07) is 0. The van der Waals surface area contributed by atoms with Gasteiger partial charge in [0.15, 0.2) is 0 Å². The Kier molecular flexibility index (Phi) is 44.5. The van der Waals surface area contributed by atoms with Gasteiger partial charge in [0.2, 0.25) is 0 Å². The van der Waals surface area contributed by atoms with Gasteiger partial charge in [-0.25, -0.2) is 4.57 Å². The number of phosphoric ester groups is 1. The van der Waals surface area contributed by atoms with Crippen molar-refractivity contribution in [3.05, 3.63) is 134 Å². The average Bonchev–Trinajstić information content (AvgIpc) is 3.26. The quantitative estimate of drug-likeness (QED) is 0.0237. The van der Waals surface area contributed by atoms with E-state index in [9.17, 15) is 19.4 Å². The number of carbonyl (C=O) groups is 1. The van der Waals surface area contributed by atoms with Gasteiger partial charge in [0, 0.05) is 13.0 Å². The van der Waals surface area contributed by atoms with Gasteiger partial charge in [-0.1, -0.05) is 160 Å². The number of phosphoric acid groups is 1. The van der Waals surface area contributed by atoms with Gasteiger partial charge < -0.3 is 24.6 Å². The van der Waals surface area contributed by atoms with Crippen LogP contribution in [0, 0.1) is 0 Å². The average molecular weight is 883 g/mol. The number of hydrogen-bond acceptors (Lipinski definition) is 8. The molecule has 0 aliphatic heterocycles. The minimum atomic E-state index is -4.55. The normalized spacial score (nSPS) is 15.1. The van der Waals surface area contributed by atoms with Crippen molar-refractivity contribution in [2.45, 2.75) is 154 Å². The Labute approximate surface area is 376 Å². The van der Waals surface area contributed by atoms with Crippen molar-refractivity contribution in [1.29, 1.82) is 0 Å². The van der Waals surface area contributed by atoms with Gasteiger partial charge in [-0.3, -0.25) is 13.8 Å². The SMILES string of the molecule is CC/C=C\C/C=C\C/C=C\C/C=C\C/C=C\C/C=C\CCCCC(=O)OC(COCCCCCC/C=C\C/C=C\C/C=C\C/C=C\C/C=C\CC)COP(=O)(O)OCC(O)CO. The Morgan fingerprint density at radius 2 is 0.871 bits per heavy atom. The van der Waals surface area contributed by atoms with Crippen molar-refractivity contribution < 1.29 is 43.0 Å². The van der Waals surface area contributed by atoms with Crippen LogP contribution >= 0.6 is 7.82 Å². The summed E-state index contributed by atoms with van der Waals surface area (Å²) in [6.07, 6.45) is 64.1. The first-order chi connectivity index (χ1) is 30.3. The van der Waals surface area contributed by atoms with Gasteiger partial charge >= 0.3 is 13.8 Å². The summed E-state index contributed by atoms with van der Waals surface area (Å²) < 4.78 is 33.4. The first-order valence-electron chi connectivity index (χ1n) is 23.2. The first-order valence-corrected chi connectivity index (χ1v) is 24.7. The Morgan fingerprint density at radius 3 is 1.29 bits per heavy atom. The zero-order chi connectivity index (χ0) is 45.3. The summed E-state index contributed by atoms with van der Waals surface area (Å²) in [5.41, 5.74) is 0. The van der Waals surface area contributed by atoms with E-state index in [4.69, 9.17) is 23.6 Å². The summed E-state index contributed by atoms with van der Waals surface area (Å²) in [4.78, 5) is 22.6. The Hall–Kier alpha value is -3.40. The van der Waals surface area contributed by atoms with Crippen LogP contribution in [0.1, 0.15) is 142 Å². The lowest BCUT2D eigenvalue weighted by Gasteiger charge is -2.20. The number of esters is 1. The number of allylic oxidation sites excluding steroid dienone is 22. The van der Waals surface area contributed by atoms with Gasteiger partial charge in [0.25, 0.3) is 0 Å². The molecule has 0 heterocycles. The van der Waals surface area contributed by atoms with Crippen LogP contribution in [0.25, 0.3) is 0 Å². The second kappa shape index (κ2) is 47.1. The van der Waals surface area contributed by atoms with Crippen LogP contribution in [0.2, 0.25) is 0 Å². The molecule has 0 aromatic heterocycles. The molecular weight excluding hydrogens is 800 g/mol. The van der Waals surface area contributed by atoms with Gasteiger partial charge in [0.1, 0.15) is 12.2 Å². The molecule has 0 amide bonds. The third kappa shape index (κ3) is 46.1. The molecule has 0 fully saturated rings. The predicted octanol–water partition coefficient (Wildman–Crippen LogP) is 13.4. The lowest BCUT2D eigenvalue weighted by atomic mass is 10.1. The van der Waals surface area contributed by atoms with E-state index in [0.29, 0.717) is 13.0 Å². The van der Waals surface area contributed by atoms with Crippen LogP contribution in [0.4, 0.5) is 0 Å². The second-order valence-corrected chi connectivity index (χ2v) is 16.1. The summed E-state index contributed by atoms with van der Waals surface area (Å²) >= 11 is 0. The molecule has 0 saturated carbocycles. The number of rotatable bonds is 42. The zero-order valence-electron chi connectivity index (χ0n) is 38.3. The fourth-order valence-corrected chi connectivity index (χ4v) is 6.17. The van der Waals surface area contributed by atoms with Gasteiger partial charge in [-0.15, -0.1) is 0 Å². The molecular formula is C52H83O9P. The molecule has 0 aliphatic carbocycles. The predicted molar refractivity (Wildman–Crippen MR) is 260 cm³/mol. The maximum Gasteiger partial charge on any atom is 0.472 e. The standard InChI is InChI=1S/C52H83O9P/c1-3-5-7-9-11-13-15-17-19-21-23-25-26-28-30-32-34-36-38-40-42-44-52(55)61-51(49-60-62(56,57)59-47-50(54)46-53)48-58-45-43-41-39-37-35-33-31-29-27-24-22-20-18-16-14-12-10-8-6-4-2/h5-8,11-14,17-20,23-25,27-28,30-31,33-34,36,50-51,53-54H,3-4,9-10,15-16,21-22,26,29,32,35,37-49H2,1-2H3,(H,56,57)/b7-5-,8-6-,13-11-,14-12-,19-17-,20-18-,25-23-,27-24-,30-28-,33-31-,36-34-. The summed E-state index contributed by atoms with van der Waals surface area (Å²) in [6.45, 7) is 3.12. The van der Waals surface area contributed by atoms with Gasteiger partial charge in [-0.2, -0.15) is 0 Å². The van der Waals surface area contributed by atoms with Crippen molar-refractivity contribution in [1.82, 2.24) is 0 Å². The first kappa shape index (κ1) is 58.6.